The second kappa shape index (κ2) is 3.22. The second-order valence-electron chi connectivity index (χ2n) is 2.69. The number of oxazole rings is 1. The summed E-state index contributed by atoms with van der Waals surface area (Å²) in [6, 6.07) is 0. The predicted molar refractivity (Wildman–Crippen MR) is 48.3 cm³/mol. The minimum atomic E-state index is 0.333. The number of aromatic nitrogens is 3. The fourth-order valence-corrected chi connectivity index (χ4v) is 1.13. The maximum absolute atomic E-state index is 5.57. The molecule has 0 saturated carbocycles. The average molecular weight is 198 g/mol. The third-order valence-electron chi connectivity index (χ3n) is 1.61. The highest BCUT2D eigenvalue weighted by molar-refractivity contribution is 6.16. The summed E-state index contributed by atoms with van der Waals surface area (Å²) in [4.78, 5) is 8.14. The number of rotatable bonds is 2. The largest absolute Gasteiger partial charge is 0.439 e. The number of alkyl halides is 1. The van der Waals surface area contributed by atoms with Crippen molar-refractivity contribution in [3.05, 3.63) is 24.5 Å². The average Bonchev–Trinajstić information content (AvgIpc) is 2.71. The van der Waals surface area contributed by atoms with Crippen molar-refractivity contribution in [1.82, 2.24) is 14.5 Å². The summed E-state index contributed by atoms with van der Waals surface area (Å²) in [6.45, 7) is 0. The smallest absolute Gasteiger partial charge is 0.246 e. The standard InChI is InChI=1S/C8H8ClN3O/c1-12-4-7(11-5-12)8-10-3-6(2-9)13-8/h3-5H,2H2,1H3. The minimum absolute atomic E-state index is 0.333. The van der Waals surface area contributed by atoms with Crippen molar-refractivity contribution < 1.29 is 4.42 Å². The van der Waals surface area contributed by atoms with Crippen molar-refractivity contribution in [3.63, 3.8) is 0 Å². The van der Waals surface area contributed by atoms with Gasteiger partial charge in [-0.2, -0.15) is 0 Å². The highest BCUT2D eigenvalue weighted by atomic mass is 35.5. The molecular formula is C8H8ClN3O. The summed E-state index contributed by atoms with van der Waals surface area (Å²) in [7, 11) is 1.89. The van der Waals surface area contributed by atoms with Crippen molar-refractivity contribution in [1.29, 1.82) is 0 Å². The molecule has 0 aliphatic heterocycles. The van der Waals surface area contributed by atoms with Crippen LogP contribution in [0.4, 0.5) is 0 Å². The Balaban J connectivity index is 2.35. The van der Waals surface area contributed by atoms with Gasteiger partial charge in [-0.25, -0.2) is 9.97 Å². The topological polar surface area (TPSA) is 43.9 Å². The molecule has 0 saturated heterocycles. The van der Waals surface area contributed by atoms with Gasteiger partial charge in [-0.15, -0.1) is 11.6 Å². The molecule has 0 aliphatic rings. The number of hydrogen-bond donors (Lipinski definition) is 0. The van der Waals surface area contributed by atoms with Gasteiger partial charge in [-0.3, -0.25) is 0 Å². The molecule has 68 valence electrons. The van der Waals surface area contributed by atoms with Gasteiger partial charge in [0.05, 0.1) is 18.4 Å². The molecule has 2 aromatic rings. The van der Waals surface area contributed by atoms with E-state index in [1.54, 1.807) is 12.5 Å². The monoisotopic (exact) mass is 197 g/mol. The van der Waals surface area contributed by atoms with E-state index in [1.807, 2.05) is 17.8 Å². The summed E-state index contributed by atoms with van der Waals surface area (Å²) < 4.78 is 7.15. The van der Waals surface area contributed by atoms with E-state index in [-0.39, 0.29) is 0 Å². The molecule has 0 fully saturated rings. The number of nitrogens with zero attached hydrogens (tertiary/aromatic N) is 3. The van der Waals surface area contributed by atoms with Gasteiger partial charge in [0.1, 0.15) is 11.5 Å². The Hall–Kier alpha value is -1.29. The van der Waals surface area contributed by atoms with Crippen molar-refractivity contribution in [3.8, 4) is 11.6 Å². The number of hydrogen-bond acceptors (Lipinski definition) is 3. The van der Waals surface area contributed by atoms with E-state index in [2.05, 4.69) is 9.97 Å². The number of imidazole rings is 1. The molecule has 0 amide bonds. The summed E-state index contributed by atoms with van der Waals surface area (Å²) in [5.74, 6) is 1.50. The van der Waals surface area contributed by atoms with E-state index in [0.717, 1.165) is 5.69 Å². The Bertz CT molecular complexity index is 407. The molecule has 0 radical (unpaired) electrons. The molecule has 0 N–H and O–H groups in total. The molecule has 0 bridgehead atoms. The van der Waals surface area contributed by atoms with Crippen LogP contribution in [0.1, 0.15) is 5.76 Å². The summed E-state index contributed by atoms with van der Waals surface area (Å²) >= 11 is 5.57. The van der Waals surface area contributed by atoms with Gasteiger partial charge in [0.2, 0.25) is 5.89 Å². The van der Waals surface area contributed by atoms with Crippen molar-refractivity contribution in [2.75, 3.05) is 0 Å². The molecule has 0 aliphatic carbocycles. The lowest BCUT2D eigenvalue weighted by molar-refractivity contribution is 0.536. The van der Waals surface area contributed by atoms with Gasteiger partial charge in [-0.05, 0) is 0 Å². The molecule has 5 heteroatoms. The van der Waals surface area contributed by atoms with Gasteiger partial charge < -0.3 is 8.98 Å². The van der Waals surface area contributed by atoms with Crippen LogP contribution in [0.2, 0.25) is 0 Å². The van der Waals surface area contributed by atoms with Crippen LogP contribution in [0.5, 0.6) is 0 Å². The predicted octanol–water partition coefficient (Wildman–Crippen LogP) is 1.81. The maximum Gasteiger partial charge on any atom is 0.246 e. The minimum Gasteiger partial charge on any atom is -0.439 e. The number of aryl methyl sites for hydroxylation is 1. The normalized spacial score (nSPS) is 10.6. The van der Waals surface area contributed by atoms with Crippen molar-refractivity contribution in [2.45, 2.75) is 5.88 Å². The summed E-state index contributed by atoms with van der Waals surface area (Å²) in [5, 5.41) is 0. The Morgan fingerprint density at radius 2 is 2.38 bits per heavy atom. The molecule has 2 heterocycles. The summed E-state index contributed by atoms with van der Waals surface area (Å²) in [6.07, 6.45) is 5.14. The van der Waals surface area contributed by atoms with Gasteiger partial charge in [0, 0.05) is 13.2 Å². The Morgan fingerprint density at radius 3 is 2.92 bits per heavy atom. The molecule has 0 spiro atoms. The fourth-order valence-electron chi connectivity index (χ4n) is 1.01. The van der Waals surface area contributed by atoms with E-state index < -0.39 is 0 Å². The van der Waals surface area contributed by atoms with Crippen LogP contribution in [0.25, 0.3) is 11.6 Å². The Morgan fingerprint density at radius 1 is 1.54 bits per heavy atom. The van der Waals surface area contributed by atoms with Crippen LogP contribution in [0, 0.1) is 0 Å². The zero-order chi connectivity index (χ0) is 9.26. The zero-order valence-electron chi connectivity index (χ0n) is 7.07. The van der Waals surface area contributed by atoms with E-state index >= 15 is 0 Å². The van der Waals surface area contributed by atoms with Crippen molar-refractivity contribution >= 4 is 11.6 Å². The van der Waals surface area contributed by atoms with E-state index in [9.17, 15) is 0 Å². The lowest BCUT2D eigenvalue weighted by Gasteiger charge is -1.86. The second-order valence-corrected chi connectivity index (χ2v) is 2.96. The lowest BCUT2D eigenvalue weighted by Crippen LogP contribution is -1.78. The van der Waals surface area contributed by atoms with Gasteiger partial charge in [0.15, 0.2) is 0 Å². The molecule has 2 aromatic heterocycles. The first-order chi connectivity index (χ1) is 6.29. The molecule has 2 rings (SSSR count). The first-order valence-electron chi connectivity index (χ1n) is 3.78. The zero-order valence-corrected chi connectivity index (χ0v) is 7.82. The molecule has 0 aromatic carbocycles. The van der Waals surface area contributed by atoms with Gasteiger partial charge in [0.25, 0.3) is 0 Å². The van der Waals surface area contributed by atoms with Crippen LogP contribution >= 0.6 is 11.6 Å². The first kappa shape index (κ1) is 8.31. The molecular weight excluding hydrogens is 190 g/mol. The van der Waals surface area contributed by atoms with Gasteiger partial charge in [-0.1, -0.05) is 0 Å². The Kier molecular flexibility index (Phi) is 2.06. The lowest BCUT2D eigenvalue weighted by atomic mass is 10.5. The molecule has 0 atom stereocenters. The van der Waals surface area contributed by atoms with E-state index in [4.69, 9.17) is 16.0 Å². The molecule has 4 nitrogen and oxygen atoms in total. The van der Waals surface area contributed by atoms with E-state index in [0.29, 0.717) is 17.5 Å². The number of halogens is 1. The van der Waals surface area contributed by atoms with E-state index in [1.165, 1.54) is 0 Å². The first-order valence-corrected chi connectivity index (χ1v) is 4.32. The highest BCUT2D eigenvalue weighted by Crippen LogP contribution is 2.17. The molecule has 13 heavy (non-hydrogen) atoms. The van der Waals surface area contributed by atoms with Crippen LogP contribution in [0.3, 0.4) is 0 Å². The Labute approximate surface area is 80.2 Å². The fraction of sp³-hybridized carbons (Fsp3) is 0.250. The van der Waals surface area contributed by atoms with Crippen molar-refractivity contribution in [2.24, 2.45) is 7.05 Å². The van der Waals surface area contributed by atoms with Gasteiger partial charge >= 0.3 is 0 Å². The quantitative estimate of drug-likeness (QED) is 0.690. The molecule has 0 unspecified atom stereocenters. The third kappa shape index (κ3) is 1.58. The van der Waals surface area contributed by atoms with Crippen LogP contribution in [-0.4, -0.2) is 14.5 Å². The highest BCUT2D eigenvalue weighted by Gasteiger charge is 2.07. The summed E-state index contributed by atoms with van der Waals surface area (Å²) in [5.41, 5.74) is 0.721. The SMILES string of the molecule is Cn1cnc(-c2ncc(CCl)o2)c1. The van der Waals surface area contributed by atoms with Crippen LogP contribution in [0.15, 0.2) is 23.1 Å². The maximum atomic E-state index is 5.57. The van der Waals surface area contributed by atoms with Crippen LogP contribution < -0.4 is 0 Å². The van der Waals surface area contributed by atoms with Crippen LogP contribution in [-0.2, 0) is 12.9 Å². The third-order valence-corrected chi connectivity index (χ3v) is 1.87.